The lowest BCUT2D eigenvalue weighted by Crippen LogP contribution is -2.19. The van der Waals surface area contributed by atoms with Crippen LogP contribution < -0.4 is 4.74 Å². The molecule has 4 rings (SSSR count). The molecule has 0 N–H and O–H groups in total. The maximum absolute atomic E-state index is 6.27. The predicted molar refractivity (Wildman–Crippen MR) is 111 cm³/mol. The molecule has 1 unspecified atom stereocenters. The standard InChI is InChI=1S/C21H23Cl2N3O2/c1-3-18-15-10-14(28-13(2)21-16(22)11-24-12-17(21)23)7-8-19(15)26(25-18)20-6-4-5-9-27-20/h7-8,10-13,20H,3-6,9H2,1-2H3/t13-,20?/m1/s1. The molecule has 1 aliphatic rings. The Morgan fingerprint density at radius 2 is 2.04 bits per heavy atom. The summed E-state index contributed by atoms with van der Waals surface area (Å²) in [6, 6.07) is 6.06. The van der Waals surface area contributed by atoms with E-state index in [1.807, 2.05) is 23.7 Å². The SMILES string of the molecule is CCc1nn(C2CCCCO2)c2ccc(O[C@H](C)c3c(Cl)cncc3Cl)cc12. The normalized spacial score (nSPS) is 18.4. The van der Waals surface area contributed by atoms with Gasteiger partial charge < -0.3 is 9.47 Å². The fourth-order valence-corrected chi connectivity index (χ4v) is 4.40. The third-order valence-corrected chi connectivity index (χ3v) is 5.73. The molecule has 28 heavy (non-hydrogen) atoms. The minimum absolute atomic E-state index is 0.0108. The van der Waals surface area contributed by atoms with E-state index in [-0.39, 0.29) is 12.3 Å². The molecular formula is C21H23Cl2N3O2. The fraction of sp³-hybridized carbons (Fsp3) is 0.429. The Bertz CT molecular complexity index is 963. The molecule has 0 amide bonds. The number of hydrogen-bond donors (Lipinski definition) is 0. The van der Waals surface area contributed by atoms with Gasteiger partial charge >= 0.3 is 0 Å². The second-order valence-electron chi connectivity index (χ2n) is 7.02. The molecule has 0 spiro atoms. The van der Waals surface area contributed by atoms with Gasteiger partial charge in [-0.15, -0.1) is 0 Å². The summed E-state index contributed by atoms with van der Waals surface area (Å²) in [5.41, 5.74) is 2.85. The van der Waals surface area contributed by atoms with E-state index >= 15 is 0 Å². The van der Waals surface area contributed by atoms with Crippen molar-refractivity contribution in [2.45, 2.75) is 51.9 Å². The smallest absolute Gasteiger partial charge is 0.150 e. The van der Waals surface area contributed by atoms with Crippen LogP contribution in [0.3, 0.4) is 0 Å². The number of aryl methyl sites for hydroxylation is 1. The van der Waals surface area contributed by atoms with E-state index in [9.17, 15) is 0 Å². The Hall–Kier alpha value is -1.82. The first-order valence-corrected chi connectivity index (χ1v) is 10.4. The molecule has 0 radical (unpaired) electrons. The summed E-state index contributed by atoms with van der Waals surface area (Å²) >= 11 is 12.5. The molecule has 1 fully saturated rings. The van der Waals surface area contributed by atoms with Crippen LogP contribution in [0, 0.1) is 0 Å². The Labute approximate surface area is 174 Å². The van der Waals surface area contributed by atoms with Crippen molar-refractivity contribution in [1.82, 2.24) is 14.8 Å². The largest absolute Gasteiger partial charge is 0.486 e. The monoisotopic (exact) mass is 419 g/mol. The number of ether oxygens (including phenoxy) is 2. The van der Waals surface area contributed by atoms with Gasteiger partial charge in [0.15, 0.2) is 6.23 Å². The highest BCUT2D eigenvalue weighted by atomic mass is 35.5. The summed E-state index contributed by atoms with van der Waals surface area (Å²) in [5.74, 6) is 0.753. The van der Waals surface area contributed by atoms with E-state index in [1.165, 1.54) is 6.42 Å². The van der Waals surface area contributed by atoms with E-state index in [4.69, 9.17) is 37.8 Å². The zero-order valence-corrected chi connectivity index (χ0v) is 17.5. The molecular weight excluding hydrogens is 397 g/mol. The first-order valence-electron chi connectivity index (χ1n) is 9.66. The molecule has 2 aromatic heterocycles. The average molecular weight is 420 g/mol. The zero-order valence-electron chi connectivity index (χ0n) is 16.0. The highest BCUT2D eigenvalue weighted by Crippen LogP contribution is 2.35. The van der Waals surface area contributed by atoms with Gasteiger partial charge in [0.25, 0.3) is 0 Å². The lowest BCUT2D eigenvalue weighted by atomic mass is 10.1. The second kappa shape index (κ2) is 8.27. The van der Waals surface area contributed by atoms with Gasteiger partial charge in [0.2, 0.25) is 0 Å². The number of halogens is 2. The van der Waals surface area contributed by atoms with E-state index in [0.717, 1.165) is 53.8 Å². The molecule has 148 valence electrons. The highest BCUT2D eigenvalue weighted by Gasteiger charge is 2.22. The van der Waals surface area contributed by atoms with Gasteiger partial charge in [-0.25, -0.2) is 4.68 Å². The Morgan fingerprint density at radius 1 is 1.25 bits per heavy atom. The van der Waals surface area contributed by atoms with Crippen molar-refractivity contribution in [1.29, 1.82) is 0 Å². The quantitative estimate of drug-likeness (QED) is 0.498. The summed E-state index contributed by atoms with van der Waals surface area (Å²) in [6.45, 7) is 4.83. The lowest BCUT2D eigenvalue weighted by molar-refractivity contribution is -0.0368. The van der Waals surface area contributed by atoms with E-state index in [1.54, 1.807) is 12.4 Å². The van der Waals surface area contributed by atoms with Gasteiger partial charge in [-0.2, -0.15) is 5.10 Å². The van der Waals surface area contributed by atoms with Crippen LogP contribution in [0.2, 0.25) is 10.0 Å². The van der Waals surface area contributed by atoms with Gasteiger partial charge in [0, 0.05) is 30.0 Å². The molecule has 3 heterocycles. The summed E-state index contributed by atoms with van der Waals surface area (Å²) < 4.78 is 14.1. The lowest BCUT2D eigenvalue weighted by Gasteiger charge is -2.23. The van der Waals surface area contributed by atoms with Crippen LogP contribution in [0.25, 0.3) is 10.9 Å². The Kier molecular flexibility index (Phi) is 5.76. The van der Waals surface area contributed by atoms with Crippen molar-refractivity contribution >= 4 is 34.1 Å². The third kappa shape index (κ3) is 3.71. The number of fused-ring (bicyclic) bond motifs is 1. The molecule has 0 bridgehead atoms. The van der Waals surface area contributed by atoms with Crippen LogP contribution in [-0.2, 0) is 11.2 Å². The van der Waals surface area contributed by atoms with Crippen molar-refractivity contribution in [3.63, 3.8) is 0 Å². The van der Waals surface area contributed by atoms with Crippen LogP contribution in [0.15, 0.2) is 30.6 Å². The number of aromatic nitrogens is 3. The number of nitrogens with zero attached hydrogens (tertiary/aromatic N) is 3. The minimum Gasteiger partial charge on any atom is -0.486 e. The minimum atomic E-state index is -0.303. The molecule has 1 aromatic carbocycles. The highest BCUT2D eigenvalue weighted by molar-refractivity contribution is 6.35. The van der Waals surface area contributed by atoms with E-state index < -0.39 is 0 Å². The molecule has 5 nitrogen and oxygen atoms in total. The summed E-state index contributed by atoms with van der Waals surface area (Å²) in [7, 11) is 0. The van der Waals surface area contributed by atoms with Crippen LogP contribution in [-0.4, -0.2) is 21.4 Å². The number of rotatable bonds is 5. The number of pyridine rings is 1. The Morgan fingerprint density at radius 3 is 2.71 bits per heavy atom. The molecule has 3 aromatic rings. The van der Waals surface area contributed by atoms with Crippen LogP contribution >= 0.6 is 23.2 Å². The number of hydrogen-bond acceptors (Lipinski definition) is 4. The van der Waals surface area contributed by atoms with Crippen molar-refractivity contribution in [2.24, 2.45) is 0 Å². The molecule has 0 saturated carbocycles. The molecule has 0 aliphatic carbocycles. The van der Waals surface area contributed by atoms with Crippen LogP contribution in [0.4, 0.5) is 0 Å². The summed E-state index contributed by atoms with van der Waals surface area (Å²) in [5, 5.41) is 6.91. The van der Waals surface area contributed by atoms with Crippen molar-refractivity contribution in [2.75, 3.05) is 6.61 Å². The topological polar surface area (TPSA) is 49.2 Å². The molecule has 1 aliphatic heterocycles. The molecule has 1 saturated heterocycles. The molecule has 7 heteroatoms. The number of benzene rings is 1. The fourth-order valence-electron chi connectivity index (χ4n) is 3.73. The van der Waals surface area contributed by atoms with Gasteiger partial charge in [0.05, 0.1) is 21.3 Å². The van der Waals surface area contributed by atoms with Crippen molar-refractivity contribution in [3.8, 4) is 5.75 Å². The van der Waals surface area contributed by atoms with Gasteiger partial charge in [-0.3, -0.25) is 4.98 Å². The second-order valence-corrected chi connectivity index (χ2v) is 7.84. The first kappa shape index (κ1) is 19.5. The van der Waals surface area contributed by atoms with Crippen LogP contribution in [0.5, 0.6) is 5.75 Å². The van der Waals surface area contributed by atoms with Crippen molar-refractivity contribution in [3.05, 3.63) is 51.9 Å². The maximum Gasteiger partial charge on any atom is 0.150 e. The van der Waals surface area contributed by atoms with Gasteiger partial charge in [-0.1, -0.05) is 30.1 Å². The summed E-state index contributed by atoms with van der Waals surface area (Å²) in [6.07, 6.45) is 6.99. The van der Waals surface area contributed by atoms with E-state index in [2.05, 4.69) is 18.0 Å². The van der Waals surface area contributed by atoms with E-state index in [0.29, 0.717) is 10.0 Å². The van der Waals surface area contributed by atoms with Crippen molar-refractivity contribution < 1.29 is 9.47 Å². The van der Waals surface area contributed by atoms with Gasteiger partial charge in [0.1, 0.15) is 11.9 Å². The van der Waals surface area contributed by atoms with Crippen LogP contribution in [0.1, 0.15) is 56.7 Å². The maximum atomic E-state index is 6.27. The first-order chi connectivity index (χ1) is 13.6. The average Bonchev–Trinajstić information content (AvgIpc) is 3.06. The van der Waals surface area contributed by atoms with Gasteiger partial charge in [-0.05, 0) is 50.8 Å². The molecule has 2 atom stereocenters. The zero-order chi connectivity index (χ0) is 19.7. The summed E-state index contributed by atoms with van der Waals surface area (Å²) in [4.78, 5) is 4.00. The Balaban J connectivity index is 1.66. The third-order valence-electron chi connectivity index (χ3n) is 5.13. The predicted octanol–water partition coefficient (Wildman–Crippen LogP) is 6.14.